The molecule has 0 saturated carbocycles. The van der Waals surface area contributed by atoms with Crippen LogP contribution in [0.15, 0.2) is 12.1 Å². The standard InChI is InChI=1S/C16H27NO3/c1-7-8-17-15(16(19-5)20-6)13-9-12(3)14(18-4)10-11(13)2/h9-10,15-17H,7-8H2,1-6H3. The highest BCUT2D eigenvalue weighted by atomic mass is 16.7. The van der Waals surface area contributed by atoms with Gasteiger partial charge in [0.05, 0.1) is 13.2 Å². The van der Waals surface area contributed by atoms with Crippen LogP contribution in [0.1, 0.15) is 36.1 Å². The second-order valence-corrected chi connectivity index (χ2v) is 4.95. The smallest absolute Gasteiger partial charge is 0.176 e. The molecule has 114 valence electrons. The van der Waals surface area contributed by atoms with E-state index in [1.54, 1.807) is 21.3 Å². The van der Waals surface area contributed by atoms with Gasteiger partial charge < -0.3 is 19.5 Å². The van der Waals surface area contributed by atoms with E-state index in [1.165, 1.54) is 11.1 Å². The van der Waals surface area contributed by atoms with Crippen LogP contribution in [0.5, 0.6) is 5.75 Å². The maximum absolute atomic E-state index is 5.45. The number of aryl methyl sites for hydroxylation is 2. The van der Waals surface area contributed by atoms with Crippen LogP contribution in [0, 0.1) is 13.8 Å². The molecular weight excluding hydrogens is 254 g/mol. The van der Waals surface area contributed by atoms with Crippen LogP contribution in [-0.2, 0) is 9.47 Å². The lowest BCUT2D eigenvalue weighted by molar-refractivity contribution is -0.124. The summed E-state index contributed by atoms with van der Waals surface area (Å²) in [6, 6.07) is 4.22. The number of hydrogen-bond donors (Lipinski definition) is 1. The Kier molecular flexibility index (Phi) is 6.99. The Hall–Kier alpha value is -1.10. The molecule has 4 nitrogen and oxygen atoms in total. The second kappa shape index (κ2) is 8.25. The maximum atomic E-state index is 5.45. The first-order valence-corrected chi connectivity index (χ1v) is 7.03. The summed E-state index contributed by atoms with van der Waals surface area (Å²) >= 11 is 0. The van der Waals surface area contributed by atoms with Gasteiger partial charge in [0.1, 0.15) is 5.75 Å². The van der Waals surface area contributed by atoms with Crippen molar-refractivity contribution in [1.82, 2.24) is 5.32 Å². The Bertz CT molecular complexity index is 416. The van der Waals surface area contributed by atoms with E-state index < -0.39 is 0 Å². The highest BCUT2D eigenvalue weighted by molar-refractivity contribution is 5.43. The number of rotatable bonds is 8. The van der Waals surface area contributed by atoms with E-state index in [-0.39, 0.29) is 12.3 Å². The molecule has 0 aromatic heterocycles. The average Bonchev–Trinajstić information content (AvgIpc) is 2.45. The largest absolute Gasteiger partial charge is 0.496 e. The molecule has 0 heterocycles. The van der Waals surface area contributed by atoms with Crippen molar-refractivity contribution in [2.75, 3.05) is 27.9 Å². The predicted molar refractivity (Wildman–Crippen MR) is 81.3 cm³/mol. The lowest BCUT2D eigenvalue weighted by Gasteiger charge is -2.28. The van der Waals surface area contributed by atoms with E-state index >= 15 is 0 Å². The fourth-order valence-electron chi connectivity index (χ4n) is 2.39. The van der Waals surface area contributed by atoms with Crippen molar-refractivity contribution in [3.05, 3.63) is 28.8 Å². The molecule has 0 aliphatic carbocycles. The van der Waals surface area contributed by atoms with Gasteiger partial charge in [-0.2, -0.15) is 0 Å². The minimum absolute atomic E-state index is 0.00885. The number of methoxy groups -OCH3 is 3. The van der Waals surface area contributed by atoms with E-state index in [9.17, 15) is 0 Å². The van der Waals surface area contributed by atoms with Crippen molar-refractivity contribution >= 4 is 0 Å². The zero-order valence-corrected chi connectivity index (χ0v) is 13.4. The highest BCUT2D eigenvalue weighted by Crippen LogP contribution is 2.29. The maximum Gasteiger partial charge on any atom is 0.176 e. The van der Waals surface area contributed by atoms with Crippen molar-refractivity contribution in [3.8, 4) is 5.75 Å². The Morgan fingerprint density at radius 3 is 2.20 bits per heavy atom. The fourth-order valence-corrected chi connectivity index (χ4v) is 2.39. The van der Waals surface area contributed by atoms with Gasteiger partial charge in [-0.05, 0) is 49.6 Å². The second-order valence-electron chi connectivity index (χ2n) is 4.95. The summed E-state index contributed by atoms with van der Waals surface area (Å²) in [5.41, 5.74) is 3.47. The molecular formula is C16H27NO3. The summed E-state index contributed by atoms with van der Waals surface area (Å²) in [6.07, 6.45) is 0.748. The topological polar surface area (TPSA) is 39.7 Å². The van der Waals surface area contributed by atoms with Gasteiger partial charge in [-0.15, -0.1) is 0 Å². The van der Waals surface area contributed by atoms with Crippen molar-refractivity contribution < 1.29 is 14.2 Å². The molecule has 1 N–H and O–H groups in total. The lowest BCUT2D eigenvalue weighted by atomic mass is 9.97. The third-order valence-electron chi connectivity index (χ3n) is 3.47. The zero-order valence-electron chi connectivity index (χ0n) is 13.4. The highest BCUT2D eigenvalue weighted by Gasteiger charge is 2.24. The van der Waals surface area contributed by atoms with Gasteiger partial charge in [0.2, 0.25) is 0 Å². The van der Waals surface area contributed by atoms with Crippen molar-refractivity contribution in [2.24, 2.45) is 0 Å². The molecule has 1 aromatic rings. The molecule has 1 aromatic carbocycles. The molecule has 1 unspecified atom stereocenters. The average molecular weight is 281 g/mol. The molecule has 0 bridgehead atoms. The van der Waals surface area contributed by atoms with E-state index in [4.69, 9.17) is 14.2 Å². The molecule has 0 aliphatic rings. The Labute approximate surface area is 122 Å². The lowest BCUT2D eigenvalue weighted by Crippen LogP contribution is -2.35. The minimum Gasteiger partial charge on any atom is -0.496 e. The first-order valence-electron chi connectivity index (χ1n) is 7.03. The normalized spacial score (nSPS) is 12.8. The Balaban J connectivity index is 3.15. The third kappa shape index (κ3) is 3.95. The summed E-state index contributed by atoms with van der Waals surface area (Å²) in [7, 11) is 5.03. The van der Waals surface area contributed by atoms with Crippen molar-refractivity contribution in [2.45, 2.75) is 39.5 Å². The molecule has 0 amide bonds. The van der Waals surface area contributed by atoms with E-state index in [0.29, 0.717) is 0 Å². The van der Waals surface area contributed by atoms with Crippen LogP contribution in [0.4, 0.5) is 0 Å². The van der Waals surface area contributed by atoms with Gasteiger partial charge in [-0.1, -0.05) is 13.0 Å². The van der Waals surface area contributed by atoms with E-state index in [2.05, 4.69) is 31.3 Å². The summed E-state index contributed by atoms with van der Waals surface area (Å²) < 4.78 is 16.3. The van der Waals surface area contributed by atoms with Crippen LogP contribution in [-0.4, -0.2) is 34.2 Å². The molecule has 1 rings (SSSR count). The third-order valence-corrected chi connectivity index (χ3v) is 3.47. The number of nitrogens with one attached hydrogen (secondary N) is 1. The SMILES string of the molecule is CCCNC(c1cc(C)c(OC)cc1C)C(OC)OC. The summed E-state index contributed by atoms with van der Waals surface area (Å²) in [5.74, 6) is 0.909. The van der Waals surface area contributed by atoms with Gasteiger partial charge >= 0.3 is 0 Å². The Morgan fingerprint density at radius 1 is 1.05 bits per heavy atom. The zero-order chi connectivity index (χ0) is 15.1. The van der Waals surface area contributed by atoms with Crippen LogP contribution in [0.2, 0.25) is 0 Å². The van der Waals surface area contributed by atoms with Gasteiger partial charge in [0, 0.05) is 14.2 Å². The molecule has 20 heavy (non-hydrogen) atoms. The minimum atomic E-state index is -0.312. The van der Waals surface area contributed by atoms with Gasteiger partial charge in [0.15, 0.2) is 6.29 Å². The van der Waals surface area contributed by atoms with Crippen LogP contribution in [0.25, 0.3) is 0 Å². The predicted octanol–water partition coefficient (Wildman–Crippen LogP) is 2.97. The molecule has 0 fully saturated rings. The fraction of sp³-hybridized carbons (Fsp3) is 0.625. The van der Waals surface area contributed by atoms with Crippen LogP contribution in [0.3, 0.4) is 0 Å². The quantitative estimate of drug-likeness (QED) is 0.744. The number of ether oxygens (including phenoxy) is 3. The van der Waals surface area contributed by atoms with E-state index in [0.717, 1.165) is 24.3 Å². The molecule has 0 radical (unpaired) electrons. The summed E-state index contributed by atoms with van der Waals surface area (Å²) in [4.78, 5) is 0. The number of hydrogen-bond acceptors (Lipinski definition) is 4. The van der Waals surface area contributed by atoms with Gasteiger partial charge in [0.25, 0.3) is 0 Å². The van der Waals surface area contributed by atoms with E-state index in [1.807, 2.05) is 6.92 Å². The van der Waals surface area contributed by atoms with Gasteiger partial charge in [-0.25, -0.2) is 0 Å². The molecule has 0 aliphatic heterocycles. The first kappa shape index (κ1) is 17.0. The summed E-state index contributed by atoms with van der Waals surface area (Å²) in [6.45, 7) is 7.19. The monoisotopic (exact) mass is 281 g/mol. The molecule has 0 saturated heterocycles. The molecule has 0 spiro atoms. The van der Waals surface area contributed by atoms with Crippen LogP contribution >= 0.6 is 0 Å². The van der Waals surface area contributed by atoms with Crippen molar-refractivity contribution in [1.29, 1.82) is 0 Å². The number of benzene rings is 1. The van der Waals surface area contributed by atoms with Crippen LogP contribution < -0.4 is 10.1 Å². The van der Waals surface area contributed by atoms with Crippen molar-refractivity contribution in [3.63, 3.8) is 0 Å². The Morgan fingerprint density at radius 2 is 1.70 bits per heavy atom. The molecule has 1 atom stereocenters. The van der Waals surface area contributed by atoms with Gasteiger partial charge in [-0.3, -0.25) is 0 Å². The first-order chi connectivity index (χ1) is 9.58. The molecule has 4 heteroatoms. The summed E-state index contributed by atoms with van der Waals surface area (Å²) in [5, 5.41) is 3.50.